The highest BCUT2D eigenvalue weighted by Crippen LogP contribution is 2.11. The molecule has 0 bridgehead atoms. The van der Waals surface area contributed by atoms with Crippen LogP contribution in [0, 0.1) is 28.8 Å². The Balaban J connectivity index is 0.000000256. The predicted molar refractivity (Wildman–Crippen MR) is 119 cm³/mol. The van der Waals surface area contributed by atoms with E-state index in [1.807, 2.05) is 13.8 Å². The van der Waals surface area contributed by atoms with Gasteiger partial charge in [-0.2, -0.15) is 5.26 Å². The average molecular weight is 538 g/mol. The number of aromatic carboxylic acids is 1. The Morgan fingerprint density at radius 1 is 0.941 bits per heavy atom. The normalized spacial score (nSPS) is 9.56. The molecule has 3 rings (SSSR count). The minimum Gasteiger partial charge on any atom is -0.476 e. The molecule has 12 heteroatoms. The van der Waals surface area contributed by atoms with E-state index in [0.717, 1.165) is 5.56 Å². The number of carbonyl (C=O) groups excluding carboxylic acids is 1. The number of amides is 1. The summed E-state index contributed by atoms with van der Waals surface area (Å²) in [4.78, 5) is 31.4. The van der Waals surface area contributed by atoms with E-state index in [0.29, 0.717) is 22.9 Å². The molecule has 34 heavy (non-hydrogen) atoms. The van der Waals surface area contributed by atoms with Gasteiger partial charge in [0.2, 0.25) is 0 Å². The fourth-order valence-electron chi connectivity index (χ4n) is 2.18. The van der Waals surface area contributed by atoms with Gasteiger partial charge in [-0.25, -0.2) is 32.9 Å². The number of rotatable bonds is 4. The van der Waals surface area contributed by atoms with Gasteiger partial charge in [0, 0.05) is 23.1 Å². The van der Waals surface area contributed by atoms with Gasteiger partial charge in [-0.3, -0.25) is 4.79 Å². The lowest BCUT2D eigenvalue weighted by atomic mass is 10.2. The molecule has 178 valence electrons. The van der Waals surface area contributed by atoms with Crippen LogP contribution in [0.4, 0.5) is 13.2 Å². The zero-order chi connectivity index (χ0) is 25.8. The molecule has 0 unspecified atom stereocenters. The number of pyridine rings is 3. The number of aryl methyl sites for hydroxylation is 2. The number of hydrogen-bond donors (Lipinski definition) is 2. The van der Waals surface area contributed by atoms with Gasteiger partial charge >= 0.3 is 5.97 Å². The Morgan fingerprint density at radius 2 is 1.44 bits per heavy atom. The van der Waals surface area contributed by atoms with E-state index in [9.17, 15) is 22.8 Å². The first-order chi connectivity index (χ1) is 16.0. The Hall–Kier alpha value is -3.85. The van der Waals surface area contributed by atoms with Crippen LogP contribution in [-0.4, -0.2) is 31.9 Å². The first-order valence-corrected chi connectivity index (χ1v) is 10.4. The maximum atomic E-state index is 12.9. The van der Waals surface area contributed by atoms with Crippen molar-refractivity contribution in [3.8, 4) is 6.07 Å². The highest BCUT2D eigenvalue weighted by atomic mass is 79.9. The number of halogens is 4. The molecule has 3 heterocycles. The zero-order valence-electron chi connectivity index (χ0n) is 18.0. The highest BCUT2D eigenvalue weighted by Gasteiger charge is 2.11. The van der Waals surface area contributed by atoms with Crippen molar-refractivity contribution in [2.24, 2.45) is 5.73 Å². The number of nitrogens with zero attached hydrogens (tertiary/aromatic N) is 4. The van der Waals surface area contributed by atoms with Gasteiger partial charge in [0.25, 0.3) is 5.91 Å². The van der Waals surface area contributed by atoms with Crippen LogP contribution < -0.4 is 5.73 Å². The second kappa shape index (κ2) is 13.6. The molecule has 1 amide bonds. The minimum atomic E-state index is -1.34. The Labute approximate surface area is 201 Å². The van der Waals surface area contributed by atoms with E-state index in [1.165, 1.54) is 36.8 Å². The van der Waals surface area contributed by atoms with Crippen LogP contribution in [0.5, 0.6) is 0 Å². The first kappa shape index (κ1) is 28.2. The Bertz CT molecular complexity index is 1160. The van der Waals surface area contributed by atoms with E-state index in [-0.39, 0.29) is 11.4 Å². The predicted octanol–water partition coefficient (Wildman–Crippen LogP) is 4.22. The summed E-state index contributed by atoms with van der Waals surface area (Å²) in [6, 6.07) is 5.28. The number of carboxylic acids is 1. The molecular weight excluding hydrogens is 519 g/mol. The van der Waals surface area contributed by atoms with Crippen molar-refractivity contribution in [2.45, 2.75) is 26.7 Å². The summed E-state index contributed by atoms with van der Waals surface area (Å²) in [5.41, 5.74) is 5.31. The maximum absolute atomic E-state index is 12.9. The quantitative estimate of drug-likeness (QED) is 0.507. The van der Waals surface area contributed by atoms with Gasteiger partial charge < -0.3 is 10.8 Å². The van der Waals surface area contributed by atoms with Crippen LogP contribution in [0.25, 0.3) is 0 Å². The lowest BCUT2D eigenvalue weighted by Gasteiger charge is -1.99. The number of nitrogens with two attached hydrogens (primary N) is 1. The van der Waals surface area contributed by atoms with Crippen LogP contribution in [0.3, 0.4) is 0 Å². The molecule has 3 aromatic heterocycles. The molecule has 0 aliphatic carbocycles. The van der Waals surface area contributed by atoms with E-state index < -0.39 is 35.0 Å². The van der Waals surface area contributed by atoms with Crippen molar-refractivity contribution >= 4 is 27.8 Å². The molecule has 3 N–H and O–H groups in total. The molecule has 0 spiro atoms. The van der Waals surface area contributed by atoms with Gasteiger partial charge in [0.1, 0.15) is 6.07 Å². The molecule has 0 aliphatic heterocycles. The third-order valence-corrected chi connectivity index (χ3v) is 4.40. The number of carbonyl (C=O) groups is 2. The fourth-order valence-corrected chi connectivity index (χ4v) is 2.48. The lowest BCUT2D eigenvalue weighted by molar-refractivity contribution is 0.0684. The van der Waals surface area contributed by atoms with Gasteiger partial charge in [-0.1, -0.05) is 13.8 Å². The average Bonchev–Trinajstić information content (AvgIpc) is 2.79. The van der Waals surface area contributed by atoms with Gasteiger partial charge in [0.05, 0.1) is 0 Å². The Kier molecular flexibility index (Phi) is 11.3. The SMILES string of the molecule is CCc1cnc(C(=O)O)c(F)c1.CCc1cnc(C(N)=O)c(F)c1.N#Cc1ncc(Br)cc1F. The largest absolute Gasteiger partial charge is 0.476 e. The molecule has 0 fully saturated rings. The topological polar surface area (TPSA) is 143 Å². The zero-order valence-corrected chi connectivity index (χ0v) is 19.6. The number of aromatic nitrogens is 3. The van der Waals surface area contributed by atoms with Gasteiger partial charge in [0.15, 0.2) is 34.5 Å². The van der Waals surface area contributed by atoms with Crippen molar-refractivity contribution < 1.29 is 27.9 Å². The van der Waals surface area contributed by atoms with Crippen molar-refractivity contribution in [1.29, 1.82) is 5.26 Å². The number of primary amides is 1. The molecular formula is C22H19BrF3N5O3. The van der Waals surface area contributed by atoms with Crippen LogP contribution in [0.15, 0.2) is 41.3 Å². The molecule has 0 radical (unpaired) electrons. The van der Waals surface area contributed by atoms with Crippen LogP contribution in [0.2, 0.25) is 0 Å². The maximum Gasteiger partial charge on any atom is 0.357 e. The Morgan fingerprint density at radius 3 is 1.79 bits per heavy atom. The molecule has 8 nitrogen and oxygen atoms in total. The van der Waals surface area contributed by atoms with E-state index in [2.05, 4.69) is 30.9 Å². The summed E-state index contributed by atoms with van der Waals surface area (Å²) in [5.74, 6) is -4.20. The van der Waals surface area contributed by atoms with E-state index in [1.54, 1.807) is 6.07 Å². The third-order valence-electron chi connectivity index (χ3n) is 3.96. The summed E-state index contributed by atoms with van der Waals surface area (Å²) in [6.07, 6.45) is 5.52. The number of nitriles is 1. The van der Waals surface area contributed by atoms with Crippen LogP contribution >= 0.6 is 15.9 Å². The summed E-state index contributed by atoms with van der Waals surface area (Å²) in [5, 5.41) is 16.7. The van der Waals surface area contributed by atoms with Crippen molar-refractivity contribution in [3.63, 3.8) is 0 Å². The molecule has 0 atom stereocenters. The molecule has 3 aromatic rings. The molecule has 0 aromatic carbocycles. The second-order valence-electron chi connectivity index (χ2n) is 6.32. The number of carboxylic acid groups (broad SMARTS) is 1. The first-order valence-electron chi connectivity index (χ1n) is 9.56. The highest BCUT2D eigenvalue weighted by molar-refractivity contribution is 9.10. The fraction of sp³-hybridized carbons (Fsp3) is 0.182. The van der Waals surface area contributed by atoms with Crippen LogP contribution in [0.1, 0.15) is 51.6 Å². The van der Waals surface area contributed by atoms with Crippen molar-refractivity contribution in [2.75, 3.05) is 0 Å². The van der Waals surface area contributed by atoms with Crippen molar-refractivity contribution in [3.05, 3.63) is 86.9 Å². The van der Waals surface area contributed by atoms with Crippen molar-refractivity contribution in [1.82, 2.24) is 15.0 Å². The molecule has 0 saturated heterocycles. The summed E-state index contributed by atoms with van der Waals surface area (Å²) >= 11 is 3.01. The smallest absolute Gasteiger partial charge is 0.357 e. The summed E-state index contributed by atoms with van der Waals surface area (Å²) in [7, 11) is 0. The van der Waals surface area contributed by atoms with E-state index in [4.69, 9.17) is 16.1 Å². The molecule has 0 saturated carbocycles. The summed E-state index contributed by atoms with van der Waals surface area (Å²) in [6.45, 7) is 3.72. The van der Waals surface area contributed by atoms with Gasteiger partial charge in [-0.05, 0) is 58.1 Å². The third kappa shape index (κ3) is 8.59. The number of hydrogen-bond acceptors (Lipinski definition) is 6. The standard InChI is InChI=1S/C8H9FN2O.C8H8FNO2.C6H2BrFN2/c1-2-5-3-6(9)7(8(10)12)11-4-5;1-2-5-3-6(9)7(8(11)12)10-4-5;7-4-1-5(8)6(2-9)10-3-4/h3-4H,2H2,1H3,(H2,10,12);3-4H,2H2,1H3,(H,11,12);1,3H. The van der Waals surface area contributed by atoms with Gasteiger partial charge in [-0.15, -0.1) is 0 Å². The molecule has 0 aliphatic rings. The monoisotopic (exact) mass is 537 g/mol. The van der Waals surface area contributed by atoms with Crippen LogP contribution in [-0.2, 0) is 12.8 Å². The van der Waals surface area contributed by atoms with E-state index >= 15 is 0 Å². The summed E-state index contributed by atoms with van der Waals surface area (Å²) < 4.78 is 38.8. The minimum absolute atomic E-state index is 0.178. The lowest BCUT2D eigenvalue weighted by Crippen LogP contribution is -2.15. The second-order valence-corrected chi connectivity index (χ2v) is 7.24.